The topological polar surface area (TPSA) is 417 Å². The predicted molar refractivity (Wildman–Crippen MR) is 358 cm³/mol. The summed E-state index contributed by atoms with van der Waals surface area (Å²) < 4.78 is 313. The van der Waals surface area contributed by atoms with E-state index < -0.39 is 109 Å². The maximum Gasteiger partial charge on any atom is 0.471 e. The van der Waals surface area contributed by atoms with Crippen molar-refractivity contribution in [1.82, 2.24) is 21.3 Å². The van der Waals surface area contributed by atoms with Crippen molar-refractivity contribution in [3.63, 3.8) is 0 Å². The van der Waals surface area contributed by atoms with Gasteiger partial charge in [-0.25, -0.2) is 42.5 Å². The molecule has 0 heterocycles. The fraction of sp³-hybridized carbons (Fsp3) is 0.556. The van der Waals surface area contributed by atoms with Crippen LogP contribution in [0.4, 0.5) is 61.5 Å². The predicted octanol–water partition coefficient (Wildman–Crippen LogP) is 5.97. The normalized spacial score (nSPS) is 12.1. The molecule has 4 rings (SSSR count). The summed E-state index contributed by atoms with van der Waals surface area (Å²) in [5.74, 6) is -12.0. The zero-order valence-electron chi connectivity index (χ0n) is 58.9. The van der Waals surface area contributed by atoms with Crippen molar-refractivity contribution < 1.29 is 177 Å². The van der Waals surface area contributed by atoms with Crippen molar-refractivity contribution >= 4 is 63.0 Å². The molecule has 0 radical (unpaired) electrons. The fourth-order valence-electron chi connectivity index (χ4n) is 8.00. The number of phenolic OH excluding ortho intramolecular Hbond substituents is 4. The van der Waals surface area contributed by atoms with Gasteiger partial charge in [0, 0.05) is 70.8 Å². The van der Waals surface area contributed by atoms with Gasteiger partial charge in [-0.15, -0.1) is 0 Å². The maximum atomic E-state index is 13.7. The van der Waals surface area contributed by atoms with Gasteiger partial charge < -0.3 is 84.3 Å². The first-order valence-corrected chi connectivity index (χ1v) is 38.8. The Morgan fingerprint density at radius 2 is 0.600 bits per heavy atom. The molecular weight excluding hydrogens is 1610 g/mol. The van der Waals surface area contributed by atoms with Crippen molar-refractivity contribution in [3.8, 4) is 28.7 Å². The van der Waals surface area contributed by atoms with Crippen LogP contribution in [-0.4, -0.2) is 264 Å². The van der Waals surface area contributed by atoms with Gasteiger partial charge in [-0.05, 0) is 99.2 Å². The molecule has 0 saturated carbocycles. The van der Waals surface area contributed by atoms with Gasteiger partial charge in [0.15, 0.2) is 39.3 Å². The smallest absolute Gasteiger partial charge is 0.471 e. The summed E-state index contributed by atoms with van der Waals surface area (Å²) in [6, 6.07) is 12.3. The molecule has 4 aromatic rings. The number of aromatic hydroxyl groups is 4. The van der Waals surface area contributed by atoms with Gasteiger partial charge in [0.05, 0.1) is 114 Å². The summed E-state index contributed by atoms with van der Waals surface area (Å²) in [6.45, 7) is 2.45. The zero-order valence-corrected chi connectivity index (χ0v) is 62.2. The second kappa shape index (κ2) is 49.6. The molecule has 4 amide bonds. The Bertz CT molecular complexity index is 3830. The first kappa shape index (κ1) is 100. The first-order chi connectivity index (χ1) is 51.1. The van der Waals surface area contributed by atoms with Crippen molar-refractivity contribution in [2.75, 3.05) is 162 Å². The van der Waals surface area contributed by atoms with Gasteiger partial charge in [-0.3, -0.25) is 19.2 Å². The summed E-state index contributed by atoms with van der Waals surface area (Å²) in [5.41, 5.74) is 0.696. The van der Waals surface area contributed by atoms with Gasteiger partial charge in [0.1, 0.15) is 55.1 Å². The Labute approximate surface area is 623 Å². The molecule has 29 nitrogen and oxygen atoms in total. The monoisotopic (exact) mass is 1690 g/mol. The fourth-order valence-corrected chi connectivity index (χ4v) is 13.8. The molecule has 4 aromatic carbocycles. The summed E-state index contributed by atoms with van der Waals surface area (Å²) >= 11 is 0. The average molecular weight is 1690 g/mol. The van der Waals surface area contributed by atoms with Gasteiger partial charge in [-0.1, -0.05) is 0 Å². The lowest BCUT2D eigenvalue weighted by atomic mass is 10.2. The number of hydrogen-bond acceptors (Lipinski definition) is 25. The zero-order chi connectivity index (χ0) is 83.6. The van der Waals surface area contributed by atoms with Crippen LogP contribution in [0.1, 0.15) is 36.8 Å². The number of halogens is 14. The molecule has 0 aromatic heterocycles. The third-order valence-electron chi connectivity index (χ3n) is 13.3. The third-order valence-corrected chi connectivity index (χ3v) is 20.7. The largest absolute Gasteiger partial charge is 0.508 e. The molecule has 0 bridgehead atoms. The molecule has 47 heteroatoms. The number of carbonyl (C=O) groups excluding carboxylic acids is 4. The Morgan fingerprint density at radius 1 is 0.336 bits per heavy atom. The van der Waals surface area contributed by atoms with E-state index in [1.54, 1.807) is 28.2 Å². The summed E-state index contributed by atoms with van der Waals surface area (Å²) in [6.07, 6.45) is -19.1. The van der Waals surface area contributed by atoms with Crippen LogP contribution < -0.4 is 26.0 Å². The molecular formula is C63H84F14N4O25S4. The highest BCUT2D eigenvalue weighted by Gasteiger charge is 2.40. The molecule has 0 fully saturated rings. The highest BCUT2D eigenvalue weighted by atomic mass is 32.2. The van der Waals surface area contributed by atoms with E-state index in [-0.39, 0.29) is 225 Å². The van der Waals surface area contributed by atoms with E-state index in [0.29, 0.717) is 11.6 Å². The minimum Gasteiger partial charge on any atom is -0.508 e. The quantitative estimate of drug-likeness (QED) is 0.0186. The van der Waals surface area contributed by atoms with E-state index in [4.69, 9.17) is 47.7 Å². The SMILES string of the molecule is COc1cc(O)ccc1S(=O)(=O)CCCOCCOCCNC(=O)C(F)(F)F.Cc1cc(O)ccc1S(=O)(=O)CCCOCCOCCNC(=O)C(F)(F)F.Cc1cc(S(=O)(=O)CCCOCCOCCNC(=O)C(F)(F)F)c(F)cc1O.O=C(NCCOCCOCCCS(=O)(=O)c1ccc(O)cc1F)C(F)(F)F. The molecule has 8 N–H and O–H groups in total. The number of ether oxygens (including phenoxy) is 9. The van der Waals surface area contributed by atoms with Gasteiger partial charge >= 0.3 is 48.3 Å². The molecule has 628 valence electrons. The standard InChI is InChI=1S/C16H21F4NO6S.C16H22F3NO7S.C16H22F3NO6S.C15H19F4NO6S/c1-11-9-14(12(17)10-13(11)22)28(24,25)8-2-4-26-6-7-27-5-3-21-15(23)16(18,19)20;1-25-13-11-12(21)3-4-14(13)28(23,24)10-2-6-26-8-9-27-7-5-20-15(22)16(17,18)19;1-12-11-13(21)3-4-14(12)27(23,24)10-2-6-25-8-9-26-7-5-20-15(22)16(17,18)19;16-12-10-11(21)2-3-13(12)27(23,24)9-1-5-25-7-8-26-6-4-20-14(22)15(17,18)19/h9-10,22H,2-8H2,1H3,(H,21,23);3-4,11,21H,2,5-10H2,1H3,(H,20,22);3-4,11,21H,2,5-10H2,1H3,(H,20,22);2-3,10,21H,1,4-9H2,(H,20,22). The van der Waals surface area contributed by atoms with Crippen LogP contribution >= 0.6 is 0 Å². The lowest BCUT2D eigenvalue weighted by Gasteiger charge is -2.10. The van der Waals surface area contributed by atoms with E-state index in [1.807, 2.05) is 0 Å². The number of benzene rings is 4. The van der Waals surface area contributed by atoms with Crippen LogP contribution in [0, 0.1) is 25.5 Å². The Morgan fingerprint density at radius 3 is 0.909 bits per heavy atom. The second-order valence-corrected chi connectivity index (χ2v) is 30.4. The van der Waals surface area contributed by atoms with Gasteiger partial charge in [0.25, 0.3) is 0 Å². The summed E-state index contributed by atoms with van der Waals surface area (Å²) in [5, 5.41) is 43.7. The van der Waals surface area contributed by atoms with Crippen LogP contribution in [0.25, 0.3) is 0 Å². The van der Waals surface area contributed by atoms with E-state index in [1.165, 1.54) is 50.4 Å². The van der Waals surface area contributed by atoms with Crippen LogP contribution in [-0.2, 0) is 96.4 Å². The number of nitrogens with one attached hydrogen (secondary N) is 4. The highest BCUT2D eigenvalue weighted by Crippen LogP contribution is 2.30. The second-order valence-electron chi connectivity index (χ2n) is 22.1. The number of alkyl halides is 12. The molecule has 0 spiro atoms. The minimum absolute atomic E-state index is 0.00671. The molecule has 0 aliphatic rings. The molecule has 110 heavy (non-hydrogen) atoms. The number of carbonyl (C=O) groups is 4. The average Bonchev–Trinajstić information content (AvgIpc) is 0.828. The molecule has 0 aliphatic carbocycles. The van der Waals surface area contributed by atoms with E-state index in [0.717, 1.165) is 24.3 Å². The first-order valence-electron chi connectivity index (χ1n) is 32.2. The Balaban J connectivity index is 0.000000733. The van der Waals surface area contributed by atoms with E-state index in [9.17, 15) is 130 Å². The number of aryl methyl sites for hydroxylation is 2. The number of phenols is 4. The number of methoxy groups -OCH3 is 1. The van der Waals surface area contributed by atoms with Crippen LogP contribution in [0.15, 0.2) is 86.3 Å². The van der Waals surface area contributed by atoms with Crippen LogP contribution in [0.2, 0.25) is 0 Å². The molecule has 0 saturated heterocycles. The summed E-state index contributed by atoms with van der Waals surface area (Å²) in [4.78, 5) is 41.2. The lowest BCUT2D eigenvalue weighted by molar-refractivity contribution is -0.173. The van der Waals surface area contributed by atoms with Crippen molar-refractivity contribution in [2.24, 2.45) is 0 Å². The molecule has 0 unspecified atom stereocenters. The van der Waals surface area contributed by atoms with Crippen molar-refractivity contribution in [1.29, 1.82) is 0 Å². The lowest BCUT2D eigenvalue weighted by Crippen LogP contribution is -2.38. The number of amides is 4. The number of hydrogen-bond donors (Lipinski definition) is 8. The minimum atomic E-state index is -4.94. The maximum absolute atomic E-state index is 13.7. The molecule has 0 atom stereocenters. The Kier molecular flexibility index (Phi) is 45.2. The third kappa shape index (κ3) is 42.1. The Hall–Kier alpha value is -7.74. The van der Waals surface area contributed by atoms with E-state index >= 15 is 0 Å². The van der Waals surface area contributed by atoms with Gasteiger partial charge in [0.2, 0.25) is 0 Å². The molecule has 0 aliphatic heterocycles. The van der Waals surface area contributed by atoms with Crippen LogP contribution in [0.5, 0.6) is 28.7 Å². The summed E-state index contributed by atoms with van der Waals surface area (Å²) in [7, 11) is -13.6. The van der Waals surface area contributed by atoms with E-state index in [2.05, 4.69) is 0 Å². The number of rotatable bonds is 45. The highest BCUT2D eigenvalue weighted by molar-refractivity contribution is 7.92. The number of sulfone groups is 4. The van der Waals surface area contributed by atoms with Crippen molar-refractivity contribution in [3.05, 3.63) is 89.5 Å². The van der Waals surface area contributed by atoms with Crippen LogP contribution in [0.3, 0.4) is 0 Å². The van der Waals surface area contributed by atoms with Gasteiger partial charge in [-0.2, -0.15) is 52.7 Å². The van der Waals surface area contributed by atoms with Crippen molar-refractivity contribution in [2.45, 2.75) is 83.8 Å².